The molecule has 0 spiro atoms. The molecular formula is C30H33ClF3N5O2. The van der Waals surface area contributed by atoms with Crippen LogP contribution in [-0.2, 0) is 0 Å². The maximum Gasteiger partial charge on any atom is 0.339 e. The topological polar surface area (TPSA) is 64.8 Å². The van der Waals surface area contributed by atoms with Crippen molar-refractivity contribution in [1.82, 2.24) is 14.7 Å². The highest BCUT2D eigenvalue weighted by Crippen LogP contribution is 2.38. The summed E-state index contributed by atoms with van der Waals surface area (Å²) in [6.07, 6.45) is -0.481. The number of nitrogens with zero attached hydrogens (tertiary/aromatic N) is 5. The van der Waals surface area contributed by atoms with Crippen molar-refractivity contribution in [2.45, 2.75) is 37.9 Å². The predicted octanol–water partition coefficient (Wildman–Crippen LogP) is 6.16. The Morgan fingerprint density at radius 3 is 2.44 bits per heavy atom. The zero-order chi connectivity index (χ0) is 28.7. The van der Waals surface area contributed by atoms with Crippen molar-refractivity contribution in [3.05, 3.63) is 64.9 Å². The van der Waals surface area contributed by atoms with E-state index in [4.69, 9.17) is 11.6 Å². The number of rotatable bonds is 8. The second kappa shape index (κ2) is 11.6. The normalized spacial score (nSPS) is 23.3. The summed E-state index contributed by atoms with van der Waals surface area (Å²) < 4.78 is 42.2. The van der Waals surface area contributed by atoms with Crippen LogP contribution in [0.25, 0.3) is 11.1 Å². The van der Waals surface area contributed by atoms with Crippen LogP contribution in [0.5, 0.6) is 0 Å². The smallest absolute Gasteiger partial charge is 0.339 e. The third-order valence-electron chi connectivity index (χ3n) is 8.56. The Bertz CT molecular complexity index is 1390. The van der Waals surface area contributed by atoms with E-state index in [1.807, 2.05) is 18.2 Å². The number of aromatic carboxylic acids is 1. The molecule has 0 amide bonds. The first kappa shape index (κ1) is 27.9. The monoisotopic (exact) mass is 587 g/mol. The van der Waals surface area contributed by atoms with Crippen molar-refractivity contribution in [2.75, 3.05) is 55.6 Å². The van der Waals surface area contributed by atoms with Crippen LogP contribution in [0.4, 0.5) is 24.5 Å². The zero-order valence-corrected chi connectivity index (χ0v) is 23.4. The molecule has 7 nitrogen and oxygen atoms in total. The van der Waals surface area contributed by atoms with Gasteiger partial charge < -0.3 is 14.9 Å². The molecule has 6 rings (SSSR count). The van der Waals surface area contributed by atoms with E-state index in [0.29, 0.717) is 31.0 Å². The lowest BCUT2D eigenvalue weighted by Crippen LogP contribution is -2.47. The molecule has 1 saturated carbocycles. The fraction of sp³-hybridized carbons (Fsp3) is 0.467. The van der Waals surface area contributed by atoms with Crippen LogP contribution in [0.1, 0.15) is 47.8 Å². The van der Waals surface area contributed by atoms with Crippen LogP contribution in [0.2, 0.25) is 5.02 Å². The van der Waals surface area contributed by atoms with Crippen molar-refractivity contribution in [1.29, 1.82) is 0 Å². The third-order valence-corrected chi connectivity index (χ3v) is 8.79. The largest absolute Gasteiger partial charge is 0.478 e. The number of carbonyl (C=O) groups is 1. The molecule has 1 aromatic heterocycles. The number of hydrogen-bond donors (Lipinski definition) is 1. The molecule has 218 valence electrons. The summed E-state index contributed by atoms with van der Waals surface area (Å²) in [7, 11) is 0. The summed E-state index contributed by atoms with van der Waals surface area (Å²) in [5.74, 6) is -1.19. The fourth-order valence-electron chi connectivity index (χ4n) is 6.20. The van der Waals surface area contributed by atoms with Gasteiger partial charge in [-0.15, -0.1) is 0 Å². The van der Waals surface area contributed by atoms with E-state index in [1.54, 1.807) is 0 Å². The van der Waals surface area contributed by atoms with Crippen LogP contribution >= 0.6 is 11.6 Å². The first-order valence-electron chi connectivity index (χ1n) is 14.1. The summed E-state index contributed by atoms with van der Waals surface area (Å²) in [6.45, 7) is 5.65. The van der Waals surface area contributed by atoms with E-state index in [2.05, 4.69) is 44.1 Å². The number of alkyl halides is 3. The van der Waals surface area contributed by atoms with E-state index in [0.717, 1.165) is 67.8 Å². The minimum Gasteiger partial charge on any atom is -0.478 e. The molecule has 3 unspecified atom stereocenters. The molecular weight excluding hydrogens is 555 g/mol. The summed E-state index contributed by atoms with van der Waals surface area (Å²) >= 11 is 6.42. The standard InChI is InChI=1S/C30H33ClF3N5O2/c31-21-5-8-24(19-3-6-22(7-4-19)37-12-10-36(11-13-37)17-20-14-26(20)32)27(15-21)38-9-1-2-23(18-38)39-28(29(33)34)25(16-35-39)30(40)41/h3-8,15-16,20,23,26,29H,1-2,9-14,17-18H2,(H,40,41). The van der Waals surface area contributed by atoms with E-state index in [-0.39, 0.29) is 5.92 Å². The number of aromatic nitrogens is 2. The molecule has 1 N–H and O–H groups in total. The molecule has 0 radical (unpaired) electrons. The lowest BCUT2D eigenvalue weighted by molar-refractivity contribution is 0.0681. The van der Waals surface area contributed by atoms with Crippen LogP contribution in [-0.4, -0.2) is 77.7 Å². The van der Waals surface area contributed by atoms with Gasteiger partial charge in [-0.3, -0.25) is 9.58 Å². The Morgan fingerprint density at radius 1 is 1.05 bits per heavy atom. The summed E-state index contributed by atoms with van der Waals surface area (Å²) in [4.78, 5) is 18.3. The lowest BCUT2D eigenvalue weighted by atomic mass is 9.99. The van der Waals surface area contributed by atoms with E-state index >= 15 is 0 Å². The molecule has 2 aliphatic heterocycles. The molecule has 3 heterocycles. The molecule has 2 saturated heterocycles. The van der Waals surface area contributed by atoms with Gasteiger partial charge in [0.15, 0.2) is 0 Å². The van der Waals surface area contributed by atoms with Crippen LogP contribution in [0.15, 0.2) is 48.7 Å². The van der Waals surface area contributed by atoms with Gasteiger partial charge in [0.05, 0.1) is 12.2 Å². The molecule has 41 heavy (non-hydrogen) atoms. The van der Waals surface area contributed by atoms with E-state index < -0.39 is 35.9 Å². The maximum atomic E-state index is 13.9. The van der Waals surface area contributed by atoms with Gasteiger partial charge in [0.1, 0.15) is 17.4 Å². The Labute approximate surface area is 242 Å². The van der Waals surface area contributed by atoms with Gasteiger partial charge in [0.2, 0.25) is 0 Å². The molecule has 3 aliphatic rings. The third kappa shape index (κ3) is 5.90. The van der Waals surface area contributed by atoms with Gasteiger partial charge in [-0.25, -0.2) is 18.0 Å². The number of halogens is 4. The number of hydrogen-bond acceptors (Lipinski definition) is 5. The molecule has 2 aromatic carbocycles. The van der Waals surface area contributed by atoms with E-state index in [9.17, 15) is 23.1 Å². The number of carboxylic acid groups (broad SMARTS) is 1. The Morgan fingerprint density at radius 2 is 1.78 bits per heavy atom. The van der Waals surface area contributed by atoms with Crippen molar-refractivity contribution in [3.8, 4) is 11.1 Å². The van der Waals surface area contributed by atoms with Crippen molar-refractivity contribution < 1.29 is 23.1 Å². The summed E-state index contributed by atoms with van der Waals surface area (Å²) in [6, 6.07) is 13.7. The molecule has 3 aromatic rings. The van der Waals surface area contributed by atoms with Gasteiger partial charge in [0.25, 0.3) is 6.43 Å². The van der Waals surface area contributed by atoms with Gasteiger partial charge in [-0.1, -0.05) is 29.8 Å². The molecule has 11 heteroatoms. The number of piperazine rings is 1. The molecule has 1 aliphatic carbocycles. The number of piperidine rings is 1. The van der Waals surface area contributed by atoms with Gasteiger partial charge in [0, 0.05) is 73.7 Å². The maximum absolute atomic E-state index is 13.9. The number of benzene rings is 2. The summed E-state index contributed by atoms with van der Waals surface area (Å²) in [5.41, 5.74) is 3.04. The average molecular weight is 588 g/mol. The quantitative estimate of drug-likeness (QED) is 0.341. The number of anilines is 2. The fourth-order valence-corrected chi connectivity index (χ4v) is 6.37. The highest BCUT2D eigenvalue weighted by atomic mass is 35.5. The predicted molar refractivity (Wildman–Crippen MR) is 153 cm³/mol. The Kier molecular flexibility index (Phi) is 7.87. The molecule has 3 atom stereocenters. The molecule has 3 fully saturated rings. The van der Waals surface area contributed by atoms with Gasteiger partial charge in [-0.2, -0.15) is 5.10 Å². The van der Waals surface area contributed by atoms with Crippen molar-refractivity contribution in [2.24, 2.45) is 5.92 Å². The van der Waals surface area contributed by atoms with Crippen LogP contribution < -0.4 is 9.80 Å². The Hall–Kier alpha value is -3.24. The number of carboxylic acids is 1. The van der Waals surface area contributed by atoms with Gasteiger partial charge in [-0.05, 0) is 49.1 Å². The Balaban J connectivity index is 1.19. The van der Waals surface area contributed by atoms with Crippen molar-refractivity contribution >= 4 is 28.9 Å². The average Bonchev–Trinajstić information content (AvgIpc) is 3.47. The summed E-state index contributed by atoms with van der Waals surface area (Å²) in [5, 5.41) is 14.0. The lowest BCUT2D eigenvalue weighted by Gasteiger charge is -2.37. The first-order valence-corrected chi connectivity index (χ1v) is 14.5. The van der Waals surface area contributed by atoms with E-state index in [1.165, 1.54) is 4.68 Å². The van der Waals surface area contributed by atoms with Gasteiger partial charge >= 0.3 is 5.97 Å². The first-order chi connectivity index (χ1) is 19.8. The minimum atomic E-state index is -2.94. The minimum absolute atomic E-state index is 0.220. The van der Waals surface area contributed by atoms with Crippen LogP contribution in [0.3, 0.4) is 0 Å². The second-order valence-electron chi connectivity index (χ2n) is 11.2. The SMILES string of the molecule is O=C(O)c1cnn(C2CCCN(c3cc(Cl)ccc3-c3ccc(N4CCN(CC5CC5F)CC4)cc3)C2)c1C(F)F. The van der Waals surface area contributed by atoms with Crippen molar-refractivity contribution in [3.63, 3.8) is 0 Å². The highest BCUT2D eigenvalue weighted by molar-refractivity contribution is 6.31. The van der Waals surface area contributed by atoms with Crippen LogP contribution in [0, 0.1) is 5.92 Å². The zero-order valence-electron chi connectivity index (χ0n) is 22.6. The molecule has 0 bridgehead atoms. The second-order valence-corrected chi connectivity index (χ2v) is 11.7. The highest BCUT2D eigenvalue weighted by Gasteiger charge is 2.39.